The number of carbonyl (C=O) groups excluding carboxylic acids is 1. The molecule has 1 rings (SSSR count). The Labute approximate surface area is 84.1 Å². The molecular weight excluding hydrogens is 206 g/mol. The molecule has 1 aromatic heterocycles. The molecule has 0 saturated carbocycles. The smallest absolute Gasteiger partial charge is 0.358 e. The van der Waals surface area contributed by atoms with Gasteiger partial charge in [-0.1, -0.05) is 4.49 Å². The highest BCUT2D eigenvalue weighted by Gasteiger charge is 2.21. The van der Waals surface area contributed by atoms with Gasteiger partial charge < -0.3 is 10.4 Å². The normalized spacial score (nSPS) is 10.2. The SMILES string of the molecule is CC(C)NC(=O)c1snnc1C(=O)O. The Morgan fingerprint density at radius 2 is 2.14 bits per heavy atom. The number of carboxylic acid groups (broad SMARTS) is 1. The molecule has 2 N–H and O–H groups in total. The van der Waals surface area contributed by atoms with Gasteiger partial charge in [-0.3, -0.25) is 4.79 Å². The molecule has 0 aliphatic carbocycles. The van der Waals surface area contributed by atoms with Crippen LogP contribution in [0.25, 0.3) is 0 Å². The molecule has 1 heterocycles. The van der Waals surface area contributed by atoms with Crippen LogP contribution in [0.2, 0.25) is 0 Å². The van der Waals surface area contributed by atoms with Gasteiger partial charge in [0.25, 0.3) is 5.91 Å². The first-order chi connectivity index (χ1) is 6.52. The van der Waals surface area contributed by atoms with Gasteiger partial charge >= 0.3 is 5.97 Å². The minimum atomic E-state index is -1.24. The predicted octanol–water partition coefficient (Wildman–Crippen LogP) is 0.374. The molecule has 7 heteroatoms. The molecular formula is C7H9N3O3S. The number of hydrogen-bond donors (Lipinski definition) is 2. The van der Waals surface area contributed by atoms with Crippen LogP contribution in [0.5, 0.6) is 0 Å². The summed E-state index contributed by atoms with van der Waals surface area (Å²) in [5.74, 6) is -1.69. The number of carbonyl (C=O) groups is 2. The van der Waals surface area contributed by atoms with E-state index in [1.165, 1.54) is 0 Å². The third-order valence-electron chi connectivity index (χ3n) is 1.32. The summed E-state index contributed by atoms with van der Waals surface area (Å²) >= 11 is 0.774. The maximum Gasteiger partial charge on any atom is 0.358 e. The average molecular weight is 215 g/mol. The Bertz CT molecular complexity index is 361. The van der Waals surface area contributed by atoms with Gasteiger partial charge in [0.2, 0.25) is 0 Å². The van der Waals surface area contributed by atoms with Crippen molar-refractivity contribution in [2.24, 2.45) is 0 Å². The van der Waals surface area contributed by atoms with E-state index < -0.39 is 11.9 Å². The number of hydrogen-bond acceptors (Lipinski definition) is 5. The minimum Gasteiger partial charge on any atom is -0.476 e. The van der Waals surface area contributed by atoms with Crippen molar-refractivity contribution in [1.82, 2.24) is 14.9 Å². The molecule has 0 spiro atoms. The summed E-state index contributed by atoms with van der Waals surface area (Å²) in [4.78, 5) is 22.0. The van der Waals surface area contributed by atoms with Crippen LogP contribution < -0.4 is 5.32 Å². The Balaban J connectivity index is 2.90. The van der Waals surface area contributed by atoms with Gasteiger partial charge in [0.1, 0.15) is 4.88 Å². The standard InChI is InChI=1S/C7H9N3O3S/c1-3(2)8-6(11)5-4(7(12)13)9-10-14-5/h3H,1-2H3,(H,8,11)(H,12,13). The van der Waals surface area contributed by atoms with Gasteiger partial charge in [-0.05, 0) is 25.4 Å². The summed E-state index contributed by atoms with van der Waals surface area (Å²) in [7, 11) is 0. The van der Waals surface area contributed by atoms with Crippen molar-refractivity contribution in [2.45, 2.75) is 19.9 Å². The zero-order valence-electron chi connectivity index (χ0n) is 7.64. The molecule has 0 aliphatic rings. The summed E-state index contributed by atoms with van der Waals surface area (Å²) < 4.78 is 3.42. The Morgan fingerprint density at radius 3 is 2.64 bits per heavy atom. The van der Waals surface area contributed by atoms with Gasteiger partial charge in [-0.15, -0.1) is 5.10 Å². The Kier molecular flexibility index (Phi) is 3.13. The molecule has 0 atom stereocenters. The van der Waals surface area contributed by atoms with Crippen LogP contribution in [0.3, 0.4) is 0 Å². The number of nitrogens with one attached hydrogen (secondary N) is 1. The van der Waals surface area contributed by atoms with E-state index in [2.05, 4.69) is 14.9 Å². The van der Waals surface area contributed by atoms with Gasteiger partial charge in [-0.25, -0.2) is 4.79 Å². The van der Waals surface area contributed by atoms with Crippen molar-refractivity contribution < 1.29 is 14.7 Å². The van der Waals surface area contributed by atoms with Gasteiger partial charge in [0.15, 0.2) is 5.69 Å². The second-order valence-electron chi connectivity index (χ2n) is 2.88. The topological polar surface area (TPSA) is 92.2 Å². The molecule has 0 unspecified atom stereocenters. The highest BCUT2D eigenvalue weighted by atomic mass is 32.1. The fourth-order valence-corrected chi connectivity index (χ4v) is 1.37. The highest BCUT2D eigenvalue weighted by Crippen LogP contribution is 2.10. The van der Waals surface area contributed by atoms with Crippen molar-refractivity contribution in [3.63, 3.8) is 0 Å². The van der Waals surface area contributed by atoms with E-state index in [1.54, 1.807) is 13.8 Å². The van der Waals surface area contributed by atoms with E-state index in [-0.39, 0.29) is 16.6 Å². The molecule has 0 fully saturated rings. The molecule has 1 aromatic rings. The minimum absolute atomic E-state index is 0.0335. The fourth-order valence-electron chi connectivity index (χ4n) is 0.807. The Morgan fingerprint density at radius 1 is 1.50 bits per heavy atom. The molecule has 0 aromatic carbocycles. The van der Waals surface area contributed by atoms with Crippen LogP contribution in [0, 0.1) is 0 Å². The number of aromatic nitrogens is 2. The number of nitrogens with zero attached hydrogens (tertiary/aromatic N) is 2. The summed E-state index contributed by atoms with van der Waals surface area (Å²) in [5.41, 5.74) is -0.298. The fraction of sp³-hybridized carbons (Fsp3) is 0.429. The van der Waals surface area contributed by atoms with Crippen LogP contribution in [0.4, 0.5) is 0 Å². The van der Waals surface area contributed by atoms with Gasteiger partial charge in [0.05, 0.1) is 0 Å². The lowest BCUT2D eigenvalue weighted by atomic mass is 10.3. The lowest BCUT2D eigenvalue weighted by Crippen LogP contribution is -2.30. The van der Waals surface area contributed by atoms with E-state index in [4.69, 9.17) is 5.11 Å². The van der Waals surface area contributed by atoms with E-state index in [1.807, 2.05) is 0 Å². The summed E-state index contributed by atoms with van der Waals surface area (Å²) in [5, 5.41) is 14.6. The number of aromatic carboxylic acids is 1. The molecule has 0 saturated heterocycles. The third-order valence-corrected chi connectivity index (χ3v) is 2.04. The largest absolute Gasteiger partial charge is 0.476 e. The second-order valence-corrected chi connectivity index (χ2v) is 3.64. The molecule has 14 heavy (non-hydrogen) atoms. The number of carboxylic acids is 1. The highest BCUT2D eigenvalue weighted by molar-refractivity contribution is 7.08. The van der Waals surface area contributed by atoms with Gasteiger partial charge in [-0.2, -0.15) is 0 Å². The molecule has 0 bridgehead atoms. The van der Waals surface area contributed by atoms with E-state index in [0.29, 0.717) is 0 Å². The monoisotopic (exact) mass is 215 g/mol. The zero-order valence-corrected chi connectivity index (χ0v) is 8.46. The van der Waals surface area contributed by atoms with Crippen LogP contribution in [0.15, 0.2) is 0 Å². The summed E-state index contributed by atoms with van der Waals surface area (Å²) in [6, 6.07) is -0.0498. The van der Waals surface area contributed by atoms with Gasteiger partial charge in [0, 0.05) is 6.04 Å². The maximum absolute atomic E-state index is 11.4. The van der Waals surface area contributed by atoms with Crippen molar-refractivity contribution in [1.29, 1.82) is 0 Å². The number of amides is 1. The maximum atomic E-state index is 11.4. The lowest BCUT2D eigenvalue weighted by Gasteiger charge is -2.05. The van der Waals surface area contributed by atoms with E-state index >= 15 is 0 Å². The zero-order chi connectivity index (χ0) is 10.7. The number of rotatable bonds is 3. The van der Waals surface area contributed by atoms with Crippen LogP contribution in [-0.2, 0) is 0 Å². The first kappa shape index (κ1) is 10.6. The first-order valence-electron chi connectivity index (χ1n) is 3.89. The summed E-state index contributed by atoms with van der Waals surface area (Å²) in [6.45, 7) is 3.57. The van der Waals surface area contributed by atoms with Crippen molar-refractivity contribution >= 4 is 23.4 Å². The molecule has 1 amide bonds. The van der Waals surface area contributed by atoms with E-state index in [0.717, 1.165) is 11.5 Å². The predicted molar refractivity (Wildman–Crippen MR) is 49.5 cm³/mol. The van der Waals surface area contributed by atoms with E-state index in [9.17, 15) is 9.59 Å². The van der Waals surface area contributed by atoms with Crippen molar-refractivity contribution in [3.05, 3.63) is 10.6 Å². The summed E-state index contributed by atoms with van der Waals surface area (Å²) in [6.07, 6.45) is 0. The van der Waals surface area contributed by atoms with Crippen LogP contribution in [-0.4, -0.2) is 32.6 Å². The quantitative estimate of drug-likeness (QED) is 0.760. The molecule has 76 valence electrons. The first-order valence-corrected chi connectivity index (χ1v) is 4.66. The molecule has 0 aliphatic heterocycles. The average Bonchev–Trinajstić information content (AvgIpc) is 2.49. The van der Waals surface area contributed by atoms with Crippen LogP contribution in [0.1, 0.15) is 34.0 Å². The third kappa shape index (κ3) is 2.25. The van der Waals surface area contributed by atoms with Crippen molar-refractivity contribution in [3.8, 4) is 0 Å². The van der Waals surface area contributed by atoms with Crippen LogP contribution >= 0.6 is 11.5 Å². The molecule has 6 nitrogen and oxygen atoms in total. The lowest BCUT2D eigenvalue weighted by molar-refractivity contribution is 0.0684. The second kappa shape index (κ2) is 4.14. The van der Waals surface area contributed by atoms with Crippen molar-refractivity contribution in [2.75, 3.05) is 0 Å². The molecule has 0 radical (unpaired) electrons. The Hall–Kier alpha value is -1.50.